The van der Waals surface area contributed by atoms with Gasteiger partial charge in [-0.25, -0.2) is 29.9 Å². The molecule has 4 aromatic carbocycles. The van der Waals surface area contributed by atoms with E-state index in [1.54, 1.807) is 0 Å². The Morgan fingerprint density at radius 3 is 0.714 bits per heavy atom. The van der Waals surface area contributed by atoms with Crippen LogP contribution >= 0.6 is 0 Å². The summed E-state index contributed by atoms with van der Waals surface area (Å²) in [6.07, 6.45) is 18.5. The minimum atomic E-state index is 0.704. The Morgan fingerprint density at radius 1 is 0.268 bits per heavy atom. The molecule has 0 radical (unpaired) electrons. The minimum Gasteiger partial charge on any atom is -0.324 e. The molecule has 5 heterocycles. The zero-order valence-corrected chi connectivity index (χ0v) is 31.6. The van der Waals surface area contributed by atoms with Gasteiger partial charge in [-0.2, -0.15) is 0 Å². The first-order valence-corrected chi connectivity index (χ1v) is 21.1. The predicted octanol–water partition coefficient (Wildman–Crippen LogP) is 10.4. The molecule has 0 saturated carbocycles. The van der Waals surface area contributed by atoms with Crippen molar-refractivity contribution in [2.45, 2.75) is 103 Å². The molecule has 0 atom stereocenters. The molecule has 0 amide bonds. The second kappa shape index (κ2) is 11.9. The first kappa shape index (κ1) is 31.4. The Morgan fingerprint density at radius 2 is 0.482 bits per heavy atom. The van der Waals surface area contributed by atoms with Crippen molar-refractivity contribution in [3.8, 4) is 45.6 Å². The third-order valence-corrected chi connectivity index (χ3v) is 13.7. The number of aryl methyl sites for hydroxylation is 8. The summed E-state index contributed by atoms with van der Waals surface area (Å²) in [5, 5.41) is 4.35. The van der Waals surface area contributed by atoms with Gasteiger partial charge in [-0.3, -0.25) is 0 Å². The number of hydrogen-bond acceptors (Lipinski definition) is 6. The van der Waals surface area contributed by atoms with Gasteiger partial charge in [0.25, 0.3) is 0 Å². The summed E-state index contributed by atoms with van der Waals surface area (Å²) in [6, 6.07) is 18.9. The van der Waals surface area contributed by atoms with Gasteiger partial charge in [-0.15, -0.1) is 0 Å². The summed E-state index contributed by atoms with van der Waals surface area (Å²) in [7, 11) is 0. The van der Waals surface area contributed by atoms with Crippen molar-refractivity contribution < 1.29 is 0 Å². The lowest BCUT2D eigenvalue weighted by Crippen LogP contribution is -2.03. The lowest BCUT2D eigenvalue weighted by Gasteiger charge is -2.17. The SMILES string of the molecule is c1c2c(cc3c1-c1nc-3nc3[nH]c(nc4nc(nc5[nH]c(n1)c1cc6c(cc51)CCCC6)-c1cc5c(cc1-4)CCCC5)c1cc4c(cc31)CCCC4)CCCC2. The third kappa shape index (κ3) is 4.77. The smallest absolute Gasteiger partial charge is 0.164 e. The molecule has 274 valence electrons. The predicted molar refractivity (Wildman–Crippen MR) is 223 cm³/mol. The third-order valence-electron chi connectivity index (χ3n) is 13.7. The minimum absolute atomic E-state index is 0.704. The molecule has 7 aromatic rings. The van der Waals surface area contributed by atoms with Crippen LogP contribution in [0.25, 0.3) is 89.7 Å². The Labute approximate surface area is 324 Å². The van der Waals surface area contributed by atoms with Gasteiger partial charge in [0.05, 0.1) is 0 Å². The first-order chi connectivity index (χ1) is 27.7. The van der Waals surface area contributed by atoms with Crippen LogP contribution in [0.1, 0.15) is 95.9 Å². The fraction of sp³-hybridized carbons (Fsp3) is 0.333. The number of rotatable bonds is 0. The molecule has 0 saturated heterocycles. The molecule has 0 spiro atoms. The quantitative estimate of drug-likeness (QED) is 0.161. The standard InChI is InChI=1S/C48H42N8/c1-2-10-26-18-34-33(17-25(26)9-1)41-49-42(34)54-44-37-21-29-13-5-6-14-30(29)22-38(37)46(51-44)56-48-40-24-32-16-8-7-15-31(32)23-39(40)47(52-48)55-45-36-20-28-12-4-3-11-27(28)19-35(36)43(50-45)53-41/h17-24H,1-16H2,(H2,49,50,51,52,53,54,55,56). The lowest BCUT2D eigenvalue weighted by atomic mass is 9.88. The van der Waals surface area contributed by atoms with E-state index in [0.717, 1.165) is 118 Å². The maximum absolute atomic E-state index is 5.43. The van der Waals surface area contributed by atoms with E-state index in [1.165, 1.54) is 95.9 Å². The molecule has 13 rings (SSSR count). The van der Waals surface area contributed by atoms with Crippen molar-refractivity contribution in [3.63, 3.8) is 0 Å². The molecule has 8 heteroatoms. The molecule has 56 heavy (non-hydrogen) atoms. The molecular formula is C48H42N8. The maximum atomic E-state index is 5.43. The molecule has 2 aliphatic heterocycles. The van der Waals surface area contributed by atoms with Gasteiger partial charge in [0.2, 0.25) is 0 Å². The molecule has 4 aliphatic carbocycles. The average molecular weight is 731 g/mol. The highest BCUT2D eigenvalue weighted by atomic mass is 15.1. The lowest BCUT2D eigenvalue weighted by molar-refractivity contribution is 0.686. The van der Waals surface area contributed by atoms with Crippen molar-refractivity contribution in [2.24, 2.45) is 0 Å². The van der Waals surface area contributed by atoms with Gasteiger partial charge in [-0.1, -0.05) is 0 Å². The first-order valence-electron chi connectivity index (χ1n) is 21.1. The number of aromatic amines is 2. The summed E-state index contributed by atoms with van der Waals surface area (Å²) in [6.45, 7) is 0. The molecule has 3 aromatic heterocycles. The highest BCUT2D eigenvalue weighted by Gasteiger charge is 2.27. The zero-order chi connectivity index (χ0) is 36.5. The van der Waals surface area contributed by atoms with Crippen LogP contribution in [0.2, 0.25) is 0 Å². The van der Waals surface area contributed by atoms with E-state index in [1.807, 2.05) is 0 Å². The van der Waals surface area contributed by atoms with Crippen LogP contribution < -0.4 is 0 Å². The number of nitrogens with one attached hydrogen (secondary N) is 2. The van der Waals surface area contributed by atoms with Gasteiger partial charge in [0.15, 0.2) is 23.3 Å². The average Bonchev–Trinajstić information content (AvgIpc) is 3.95. The Kier molecular flexibility index (Phi) is 6.67. The Bertz CT molecular complexity index is 2660. The highest BCUT2D eigenvalue weighted by molar-refractivity contribution is 6.07. The van der Waals surface area contributed by atoms with Gasteiger partial charge >= 0.3 is 0 Å². The molecular weight excluding hydrogens is 689 g/mol. The zero-order valence-electron chi connectivity index (χ0n) is 31.6. The van der Waals surface area contributed by atoms with Gasteiger partial charge in [-0.05, 0) is 196 Å². The monoisotopic (exact) mass is 730 g/mol. The number of nitrogens with zero attached hydrogens (tertiary/aromatic N) is 6. The van der Waals surface area contributed by atoms with Crippen molar-refractivity contribution in [2.75, 3.05) is 0 Å². The summed E-state index contributed by atoms with van der Waals surface area (Å²) in [5.74, 6) is 2.82. The Balaban J connectivity index is 1.19. The van der Waals surface area contributed by atoms with E-state index in [0.29, 0.717) is 23.3 Å². The van der Waals surface area contributed by atoms with E-state index >= 15 is 0 Å². The van der Waals surface area contributed by atoms with Gasteiger partial charge < -0.3 is 9.97 Å². The fourth-order valence-electron chi connectivity index (χ4n) is 10.7. The highest BCUT2D eigenvalue weighted by Crippen LogP contribution is 2.42. The summed E-state index contributed by atoms with van der Waals surface area (Å²) in [4.78, 5) is 39.8. The number of benzene rings is 4. The molecule has 8 nitrogen and oxygen atoms in total. The number of fused-ring (bicyclic) bond motifs is 24. The van der Waals surface area contributed by atoms with Crippen LogP contribution in [-0.2, 0) is 51.4 Å². The molecule has 8 bridgehead atoms. The van der Waals surface area contributed by atoms with E-state index in [4.69, 9.17) is 29.9 Å². The summed E-state index contributed by atoms with van der Waals surface area (Å²) >= 11 is 0. The van der Waals surface area contributed by atoms with Crippen LogP contribution in [0.3, 0.4) is 0 Å². The number of aromatic nitrogens is 8. The van der Waals surface area contributed by atoms with Crippen LogP contribution in [-0.4, -0.2) is 39.9 Å². The topological polar surface area (TPSA) is 109 Å². The van der Waals surface area contributed by atoms with E-state index in [2.05, 4.69) is 58.5 Å². The molecule has 6 aliphatic rings. The molecule has 0 unspecified atom stereocenters. The Hall–Kier alpha value is -5.76. The van der Waals surface area contributed by atoms with Crippen LogP contribution in [0.15, 0.2) is 48.5 Å². The summed E-state index contributed by atoms with van der Waals surface area (Å²) in [5.41, 5.74) is 18.7. The summed E-state index contributed by atoms with van der Waals surface area (Å²) < 4.78 is 0. The second-order valence-electron chi connectivity index (χ2n) is 17.1. The normalized spacial score (nSPS) is 16.9. The van der Waals surface area contributed by atoms with Gasteiger partial charge in [0.1, 0.15) is 22.6 Å². The van der Waals surface area contributed by atoms with Crippen LogP contribution in [0.4, 0.5) is 0 Å². The number of hydrogen-bond donors (Lipinski definition) is 2. The van der Waals surface area contributed by atoms with Crippen molar-refractivity contribution in [3.05, 3.63) is 93.0 Å². The van der Waals surface area contributed by atoms with E-state index in [9.17, 15) is 0 Å². The van der Waals surface area contributed by atoms with Crippen LogP contribution in [0, 0.1) is 0 Å². The second-order valence-corrected chi connectivity index (χ2v) is 17.1. The number of H-pyrrole nitrogens is 2. The van der Waals surface area contributed by atoms with E-state index in [-0.39, 0.29) is 0 Å². The maximum Gasteiger partial charge on any atom is 0.164 e. The van der Waals surface area contributed by atoms with Crippen molar-refractivity contribution >= 4 is 44.1 Å². The largest absolute Gasteiger partial charge is 0.324 e. The van der Waals surface area contributed by atoms with Gasteiger partial charge in [0, 0.05) is 43.8 Å². The molecule has 2 N–H and O–H groups in total. The molecule has 0 fully saturated rings. The fourth-order valence-corrected chi connectivity index (χ4v) is 10.7. The van der Waals surface area contributed by atoms with E-state index < -0.39 is 0 Å². The van der Waals surface area contributed by atoms with Crippen LogP contribution in [0.5, 0.6) is 0 Å². The van der Waals surface area contributed by atoms with Crippen molar-refractivity contribution in [1.29, 1.82) is 0 Å². The van der Waals surface area contributed by atoms with Crippen molar-refractivity contribution in [1.82, 2.24) is 39.9 Å².